The number of carbonyl (C=O) groups is 1. The molecule has 1 heteroatoms. The zero-order valence-corrected chi connectivity index (χ0v) is 5.11. The third kappa shape index (κ3) is 1.19. The van der Waals surface area contributed by atoms with Gasteiger partial charge in [-0.05, 0) is 13.3 Å². The predicted molar refractivity (Wildman–Crippen MR) is 32.6 cm³/mol. The molecule has 0 saturated carbocycles. The Labute approximate surface area is 49.4 Å². The monoisotopic (exact) mass is 110 g/mol. The molecular weight excluding hydrogens is 100 g/mol. The predicted octanol–water partition coefficient (Wildman–Crippen LogP) is 1.69. The Morgan fingerprint density at radius 1 is 1.62 bits per heavy atom. The van der Waals surface area contributed by atoms with Gasteiger partial charge < -0.3 is 0 Å². The maximum atomic E-state index is 10.6. The minimum atomic E-state index is 0.394. The van der Waals surface area contributed by atoms with Crippen molar-refractivity contribution in [2.24, 2.45) is 0 Å². The van der Waals surface area contributed by atoms with Gasteiger partial charge >= 0.3 is 0 Å². The Hall–Kier alpha value is -0.590. The number of ketones is 1. The van der Waals surface area contributed by atoms with E-state index in [1.165, 1.54) is 5.57 Å². The minimum absolute atomic E-state index is 0.394. The molecule has 0 heterocycles. The normalized spacial score (nSPS) is 20.6. The van der Waals surface area contributed by atoms with Gasteiger partial charge in [-0.25, -0.2) is 0 Å². The summed E-state index contributed by atoms with van der Waals surface area (Å²) in [5, 5.41) is 0. The molecule has 0 fully saturated rings. The van der Waals surface area contributed by atoms with Crippen LogP contribution in [0.25, 0.3) is 0 Å². The van der Waals surface area contributed by atoms with Crippen molar-refractivity contribution in [3.63, 3.8) is 0 Å². The van der Waals surface area contributed by atoms with Crippen molar-refractivity contribution >= 4 is 5.78 Å². The number of rotatable bonds is 0. The largest absolute Gasteiger partial charge is 0.299 e. The maximum Gasteiger partial charge on any atom is 0.137 e. The highest BCUT2D eigenvalue weighted by molar-refractivity contribution is 5.81. The van der Waals surface area contributed by atoms with Gasteiger partial charge in [0.05, 0.1) is 0 Å². The summed E-state index contributed by atoms with van der Waals surface area (Å²) >= 11 is 0. The summed E-state index contributed by atoms with van der Waals surface area (Å²) in [4.78, 5) is 10.6. The van der Waals surface area contributed by atoms with Gasteiger partial charge in [0.25, 0.3) is 0 Å². The van der Waals surface area contributed by atoms with Crippen LogP contribution in [0, 0.1) is 0 Å². The molecule has 0 aromatic rings. The SMILES string of the molecule is CC1=CCCC(=O)C1. The number of Topliss-reactive ketones (excluding diaryl/α,β-unsaturated/α-hetero) is 1. The zero-order valence-electron chi connectivity index (χ0n) is 5.11. The molecule has 1 aliphatic rings. The van der Waals surface area contributed by atoms with Crippen LogP contribution in [0.5, 0.6) is 0 Å². The Balaban J connectivity index is 2.57. The molecule has 1 rings (SSSR count). The summed E-state index contributed by atoms with van der Waals surface area (Å²) < 4.78 is 0. The summed E-state index contributed by atoms with van der Waals surface area (Å²) in [5.74, 6) is 0.394. The van der Waals surface area contributed by atoms with Gasteiger partial charge in [-0.3, -0.25) is 4.79 Å². The Morgan fingerprint density at radius 2 is 2.38 bits per heavy atom. The fraction of sp³-hybridized carbons (Fsp3) is 0.571. The minimum Gasteiger partial charge on any atom is -0.299 e. The van der Waals surface area contributed by atoms with Gasteiger partial charge in [0.15, 0.2) is 0 Å². The van der Waals surface area contributed by atoms with Crippen LogP contribution in [-0.2, 0) is 4.79 Å². The first-order chi connectivity index (χ1) is 3.79. The molecule has 0 aliphatic heterocycles. The highest BCUT2D eigenvalue weighted by atomic mass is 16.1. The second-order valence-electron chi connectivity index (χ2n) is 2.30. The Morgan fingerprint density at radius 3 is 2.75 bits per heavy atom. The van der Waals surface area contributed by atoms with Crippen LogP contribution in [-0.4, -0.2) is 5.78 Å². The Bertz CT molecular complexity index is 133. The van der Waals surface area contributed by atoms with Crippen LogP contribution < -0.4 is 0 Å². The molecule has 0 amide bonds. The first-order valence-electron chi connectivity index (χ1n) is 2.96. The van der Waals surface area contributed by atoms with Crippen LogP contribution in [0.2, 0.25) is 0 Å². The van der Waals surface area contributed by atoms with E-state index in [0.717, 1.165) is 12.8 Å². The third-order valence-electron chi connectivity index (χ3n) is 1.39. The number of hydrogen-bond donors (Lipinski definition) is 0. The van der Waals surface area contributed by atoms with E-state index in [1.54, 1.807) is 0 Å². The van der Waals surface area contributed by atoms with Crippen LogP contribution >= 0.6 is 0 Å². The second-order valence-corrected chi connectivity index (χ2v) is 2.30. The van der Waals surface area contributed by atoms with E-state index in [0.29, 0.717) is 12.2 Å². The van der Waals surface area contributed by atoms with Crippen LogP contribution in [0.3, 0.4) is 0 Å². The van der Waals surface area contributed by atoms with Crippen LogP contribution in [0.1, 0.15) is 26.2 Å². The molecule has 0 N–H and O–H groups in total. The molecule has 0 spiro atoms. The molecule has 0 radical (unpaired) electrons. The van der Waals surface area contributed by atoms with E-state index in [1.807, 2.05) is 6.92 Å². The molecule has 0 unspecified atom stereocenters. The van der Waals surface area contributed by atoms with Gasteiger partial charge in [0.2, 0.25) is 0 Å². The van der Waals surface area contributed by atoms with E-state index in [2.05, 4.69) is 6.08 Å². The van der Waals surface area contributed by atoms with Crippen molar-refractivity contribution in [1.29, 1.82) is 0 Å². The highest BCUT2D eigenvalue weighted by Gasteiger charge is 2.05. The van der Waals surface area contributed by atoms with E-state index in [-0.39, 0.29) is 0 Å². The number of hydrogen-bond acceptors (Lipinski definition) is 1. The summed E-state index contributed by atoms with van der Waals surface area (Å²) in [6.45, 7) is 2.01. The topological polar surface area (TPSA) is 17.1 Å². The first kappa shape index (κ1) is 5.54. The molecule has 0 atom stereocenters. The maximum absolute atomic E-state index is 10.6. The van der Waals surface area contributed by atoms with Crippen molar-refractivity contribution in [3.05, 3.63) is 11.6 Å². The van der Waals surface area contributed by atoms with Crippen molar-refractivity contribution in [3.8, 4) is 0 Å². The van der Waals surface area contributed by atoms with Crippen molar-refractivity contribution in [1.82, 2.24) is 0 Å². The standard InChI is InChI=1S/C7H10O/c1-6-3-2-4-7(8)5-6/h3H,2,4-5H2,1H3. The fourth-order valence-electron chi connectivity index (χ4n) is 0.951. The molecule has 0 aromatic heterocycles. The van der Waals surface area contributed by atoms with E-state index < -0.39 is 0 Å². The van der Waals surface area contributed by atoms with Crippen molar-refractivity contribution in [2.75, 3.05) is 0 Å². The summed E-state index contributed by atoms with van der Waals surface area (Å²) in [6, 6.07) is 0. The summed E-state index contributed by atoms with van der Waals surface area (Å²) in [6.07, 6.45) is 4.56. The lowest BCUT2D eigenvalue weighted by atomic mass is 10.0. The van der Waals surface area contributed by atoms with Gasteiger partial charge in [0.1, 0.15) is 5.78 Å². The lowest BCUT2D eigenvalue weighted by Crippen LogP contribution is -2.01. The molecular formula is C7H10O. The lowest BCUT2D eigenvalue weighted by molar-refractivity contribution is -0.118. The van der Waals surface area contributed by atoms with E-state index >= 15 is 0 Å². The van der Waals surface area contributed by atoms with Gasteiger partial charge in [-0.1, -0.05) is 11.6 Å². The van der Waals surface area contributed by atoms with Gasteiger partial charge in [0, 0.05) is 12.8 Å². The second kappa shape index (κ2) is 2.12. The molecule has 0 aromatic carbocycles. The van der Waals surface area contributed by atoms with Crippen molar-refractivity contribution < 1.29 is 4.79 Å². The summed E-state index contributed by atoms with van der Waals surface area (Å²) in [7, 11) is 0. The average Bonchev–Trinajstić information content (AvgIpc) is 1.64. The molecule has 1 aliphatic carbocycles. The third-order valence-corrected chi connectivity index (χ3v) is 1.39. The number of carbonyl (C=O) groups excluding carboxylic acids is 1. The van der Waals surface area contributed by atoms with Gasteiger partial charge in [-0.15, -0.1) is 0 Å². The summed E-state index contributed by atoms with van der Waals surface area (Å²) in [5.41, 5.74) is 1.24. The smallest absolute Gasteiger partial charge is 0.137 e. The van der Waals surface area contributed by atoms with Gasteiger partial charge in [-0.2, -0.15) is 0 Å². The molecule has 44 valence electrons. The molecule has 8 heavy (non-hydrogen) atoms. The average molecular weight is 110 g/mol. The quantitative estimate of drug-likeness (QED) is 0.433. The van der Waals surface area contributed by atoms with Crippen LogP contribution in [0.4, 0.5) is 0 Å². The molecule has 0 saturated heterocycles. The molecule has 1 nitrogen and oxygen atoms in total. The molecule has 0 bridgehead atoms. The number of allylic oxidation sites excluding steroid dienone is 2. The Kier molecular flexibility index (Phi) is 1.47. The zero-order chi connectivity index (χ0) is 5.98. The van der Waals surface area contributed by atoms with E-state index in [9.17, 15) is 4.79 Å². The fourth-order valence-corrected chi connectivity index (χ4v) is 0.951. The van der Waals surface area contributed by atoms with Crippen molar-refractivity contribution in [2.45, 2.75) is 26.2 Å². The van der Waals surface area contributed by atoms with Crippen LogP contribution in [0.15, 0.2) is 11.6 Å². The lowest BCUT2D eigenvalue weighted by Gasteiger charge is -2.05. The highest BCUT2D eigenvalue weighted by Crippen LogP contribution is 2.12. The first-order valence-corrected chi connectivity index (χ1v) is 2.96. The van der Waals surface area contributed by atoms with E-state index in [4.69, 9.17) is 0 Å².